The maximum atomic E-state index is 13.5. The van der Waals surface area contributed by atoms with Crippen LogP contribution in [0.15, 0.2) is 46.9 Å². The van der Waals surface area contributed by atoms with Crippen LogP contribution in [0.1, 0.15) is 40.8 Å². The van der Waals surface area contributed by atoms with Gasteiger partial charge in [-0.25, -0.2) is 4.98 Å². The number of imidazole rings is 1. The number of furan rings is 1. The topological polar surface area (TPSA) is 60.5 Å². The molecule has 2 aromatic heterocycles. The first kappa shape index (κ1) is 17.8. The number of aryl methyl sites for hydroxylation is 2. The monoisotopic (exact) mass is 389 g/mol. The molecule has 0 spiro atoms. The lowest BCUT2D eigenvalue weighted by Crippen LogP contribution is -2.32. The van der Waals surface area contributed by atoms with Crippen molar-refractivity contribution in [2.75, 3.05) is 13.7 Å². The molecule has 1 saturated heterocycles. The Morgan fingerprint density at radius 3 is 2.86 bits per heavy atom. The van der Waals surface area contributed by atoms with Gasteiger partial charge in [0.25, 0.3) is 5.91 Å². The van der Waals surface area contributed by atoms with E-state index in [1.54, 1.807) is 7.11 Å². The fraction of sp³-hybridized carbons (Fsp3) is 0.304. The summed E-state index contributed by atoms with van der Waals surface area (Å²) in [7, 11) is 3.64. The van der Waals surface area contributed by atoms with Crippen LogP contribution in [0.25, 0.3) is 22.0 Å². The van der Waals surface area contributed by atoms with Crippen LogP contribution in [-0.4, -0.2) is 34.0 Å². The number of amides is 1. The maximum absolute atomic E-state index is 13.5. The molecule has 4 aromatic rings. The highest BCUT2D eigenvalue weighted by atomic mass is 16.5. The molecule has 148 valence electrons. The van der Waals surface area contributed by atoms with Crippen molar-refractivity contribution in [3.8, 4) is 5.75 Å². The molecule has 2 aromatic carbocycles. The zero-order valence-electron chi connectivity index (χ0n) is 16.8. The van der Waals surface area contributed by atoms with Crippen molar-refractivity contribution < 1.29 is 13.9 Å². The van der Waals surface area contributed by atoms with Crippen LogP contribution in [0.4, 0.5) is 0 Å². The molecule has 0 bridgehead atoms. The SMILES string of the molecule is COc1ccc2c(C)c(C(=O)N3CCCC3c3nc4ccccc4n3C)oc2c1. The highest BCUT2D eigenvalue weighted by molar-refractivity contribution is 5.99. The third-order valence-corrected chi connectivity index (χ3v) is 5.97. The van der Waals surface area contributed by atoms with E-state index in [1.165, 1.54) is 0 Å². The normalized spacial score (nSPS) is 16.8. The molecule has 6 nitrogen and oxygen atoms in total. The molecule has 0 saturated carbocycles. The van der Waals surface area contributed by atoms with Gasteiger partial charge in [-0.15, -0.1) is 0 Å². The van der Waals surface area contributed by atoms with E-state index in [1.807, 2.05) is 55.3 Å². The molecule has 3 heterocycles. The van der Waals surface area contributed by atoms with Crippen LogP contribution in [0.5, 0.6) is 5.75 Å². The minimum atomic E-state index is -0.0766. The molecule has 1 fully saturated rings. The summed E-state index contributed by atoms with van der Waals surface area (Å²) in [4.78, 5) is 20.2. The van der Waals surface area contributed by atoms with E-state index in [-0.39, 0.29) is 11.9 Å². The molecule has 29 heavy (non-hydrogen) atoms. The quantitative estimate of drug-likeness (QED) is 0.513. The molecular weight excluding hydrogens is 366 g/mol. The van der Waals surface area contributed by atoms with Gasteiger partial charge in [-0.2, -0.15) is 0 Å². The van der Waals surface area contributed by atoms with E-state index in [9.17, 15) is 4.79 Å². The summed E-state index contributed by atoms with van der Waals surface area (Å²) in [6, 6.07) is 13.7. The Kier molecular flexibility index (Phi) is 4.08. The Hall–Kier alpha value is -3.28. The lowest BCUT2D eigenvalue weighted by molar-refractivity contribution is 0.0697. The van der Waals surface area contributed by atoms with Crippen LogP contribution < -0.4 is 4.74 Å². The Labute approximate surface area is 168 Å². The standard InChI is InChI=1S/C23H23N3O3/c1-14-16-11-10-15(28-3)13-20(16)29-21(14)23(27)26-12-6-9-19(26)22-24-17-7-4-5-8-18(17)25(22)2/h4-5,7-8,10-11,13,19H,6,9,12H2,1-3H3. The zero-order valence-corrected chi connectivity index (χ0v) is 16.8. The largest absolute Gasteiger partial charge is 0.497 e. The number of para-hydroxylation sites is 2. The molecule has 5 rings (SSSR count). The van der Waals surface area contributed by atoms with Gasteiger partial charge in [0.05, 0.1) is 24.2 Å². The molecule has 0 radical (unpaired) electrons. The van der Waals surface area contributed by atoms with E-state index in [4.69, 9.17) is 14.1 Å². The van der Waals surface area contributed by atoms with Crippen LogP contribution in [0.2, 0.25) is 0 Å². The van der Waals surface area contributed by atoms with Gasteiger partial charge in [-0.3, -0.25) is 4.79 Å². The van der Waals surface area contributed by atoms with E-state index in [0.717, 1.165) is 40.6 Å². The second-order valence-corrected chi connectivity index (χ2v) is 7.59. The number of hydrogen-bond donors (Lipinski definition) is 0. The first-order chi connectivity index (χ1) is 14.1. The average Bonchev–Trinajstić information content (AvgIpc) is 3.44. The van der Waals surface area contributed by atoms with E-state index < -0.39 is 0 Å². The van der Waals surface area contributed by atoms with Crippen LogP contribution in [0, 0.1) is 6.92 Å². The van der Waals surface area contributed by atoms with E-state index in [2.05, 4.69) is 10.6 Å². The number of carbonyl (C=O) groups is 1. The molecule has 1 atom stereocenters. The Morgan fingerprint density at radius 2 is 2.07 bits per heavy atom. The van der Waals surface area contributed by atoms with Gasteiger partial charge in [0.15, 0.2) is 5.76 Å². The van der Waals surface area contributed by atoms with Crippen molar-refractivity contribution in [1.29, 1.82) is 0 Å². The fourth-order valence-electron chi connectivity index (χ4n) is 4.41. The second kappa shape index (κ2) is 6.65. The number of carbonyl (C=O) groups excluding carboxylic acids is 1. The summed E-state index contributed by atoms with van der Waals surface area (Å²) in [5.41, 5.74) is 3.57. The molecule has 1 aliphatic rings. The van der Waals surface area contributed by atoms with Crippen LogP contribution >= 0.6 is 0 Å². The fourth-order valence-corrected chi connectivity index (χ4v) is 4.41. The summed E-state index contributed by atoms with van der Waals surface area (Å²) in [5, 5.41) is 0.938. The Morgan fingerprint density at radius 1 is 1.24 bits per heavy atom. The summed E-state index contributed by atoms with van der Waals surface area (Å²) in [6.07, 6.45) is 1.85. The van der Waals surface area contributed by atoms with Gasteiger partial charge in [0, 0.05) is 30.6 Å². The maximum Gasteiger partial charge on any atom is 0.290 e. The molecular formula is C23H23N3O3. The molecule has 0 aliphatic carbocycles. The summed E-state index contributed by atoms with van der Waals surface area (Å²) in [6.45, 7) is 2.64. The smallest absolute Gasteiger partial charge is 0.290 e. The van der Waals surface area contributed by atoms with E-state index in [0.29, 0.717) is 23.6 Å². The number of methoxy groups -OCH3 is 1. The van der Waals surface area contributed by atoms with Crippen molar-refractivity contribution in [3.63, 3.8) is 0 Å². The van der Waals surface area contributed by atoms with Gasteiger partial charge < -0.3 is 18.6 Å². The van der Waals surface area contributed by atoms with Gasteiger partial charge in [0.2, 0.25) is 0 Å². The van der Waals surface area contributed by atoms with Crippen molar-refractivity contribution >= 4 is 27.9 Å². The van der Waals surface area contributed by atoms with Crippen molar-refractivity contribution in [1.82, 2.24) is 14.5 Å². The van der Waals surface area contributed by atoms with Gasteiger partial charge in [-0.1, -0.05) is 12.1 Å². The number of benzene rings is 2. The zero-order chi connectivity index (χ0) is 20.1. The third-order valence-electron chi connectivity index (χ3n) is 5.97. The predicted octanol–water partition coefficient (Wildman–Crippen LogP) is 4.61. The summed E-state index contributed by atoms with van der Waals surface area (Å²) >= 11 is 0. The van der Waals surface area contributed by atoms with Gasteiger partial charge >= 0.3 is 0 Å². The molecule has 6 heteroatoms. The number of ether oxygens (including phenoxy) is 1. The minimum Gasteiger partial charge on any atom is -0.497 e. The Balaban J connectivity index is 1.54. The first-order valence-electron chi connectivity index (χ1n) is 9.88. The van der Waals surface area contributed by atoms with Crippen molar-refractivity contribution in [2.24, 2.45) is 7.05 Å². The molecule has 1 aliphatic heterocycles. The second-order valence-electron chi connectivity index (χ2n) is 7.59. The summed E-state index contributed by atoms with van der Waals surface area (Å²) in [5.74, 6) is 1.96. The van der Waals surface area contributed by atoms with Crippen LogP contribution in [-0.2, 0) is 7.05 Å². The van der Waals surface area contributed by atoms with Crippen molar-refractivity contribution in [3.05, 3.63) is 59.6 Å². The van der Waals surface area contributed by atoms with Crippen molar-refractivity contribution in [2.45, 2.75) is 25.8 Å². The first-order valence-corrected chi connectivity index (χ1v) is 9.88. The minimum absolute atomic E-state index is 0.0537. The lowest BCUT2D eigenvalue weighted by atomic mass is 10.1. The third kappa shape index (κ3) is 2.70. The molecule has 1 unspecified atom stereocenters. The highest BCUT2D eigenvalue weighted by Crippen LogP contribution is 2.36. The summed E-state index contributed by atoms with van der Waals surface area (Å²) < 4.78 is 13.4. The van der Waals surface area contributed by atoms with E-state index >= 15 is 0 Å². The molecule has 1 amide bonds. The number of nitrogens with zero attached hydrogens (tertiary/aromatic N) is 3. The molecule has 0 N–H and O–H groups in total. The number of likely N-dealkylation sites (tertiary alicyclic amines) is 1. The number of hydrogen-bond acceptors (Lipinski definition) is 4. The number of aromatic nitrogens is 2. The highest BCUT2D eigenvalue weighted by Gasteiger charge is 2.36. The Bertz CT molecular complexity index is 1240. The van der Waals surface area contributed by atoms with Gasteiger partial charge in [0.1, 0.15) is 17.2 Å². The van der Waals surface area contributed by atoms with Gasteiger partial charge in [-0.05, 0) is 44.0 Å². The predicted molar refractivity (Wildman–Crippen MR) is 111 cm³/mol. The number of rotatable bonds is 3. The number of fused-ring (bicyclic) bond motifs is 2. The van der Waals surface area contributed by atoms with Crippen LogP contribution in [0.3, 0.4) is 0 Å². The average molecular weight is 389 g/mol. The lowest BCUT2D eigenvalue weighted by Gasteiger charge is -2.23.